The van der Waals surface area contributed by atoms with E-state index >= 15 is 0 Å². The molecule has 0 saturated heterocycles. The van der Waals surface area contributed by atoms with E-state index in [2.05, 4.69) is 16.5 Å². The van der Waals surface area contributed by atoms with Gasteiger partial charge in [-0.05, 0) is 26.0 Å². The van der Waals surface area contributed by atoms with E-state index in [-0.39, 0.29) is 0 Å². The van der Waals surface area contributed by atoms with Crippen LogP contribution in [0.1, 0.15) is 12.7 Å². The molecule has 0 N–H and O–H groups in total. The van der Waals surface area contributed by atoms with Gasteiger partial charge in [-0.3, -0.25) is 0 Å². The van der Waals surface area contributed by atoms with Crippen LogP contribution in [-0.4, -0.2) is 9.55 Å². The second kappa shape index (κ2) is 3.04. The first-order valence-corrected chi connectivity index (χ1v) is 4.73. The molecule has 0 spiro atoms. The number of aromatic nitrogens is 2. The summed E-state index contributed by atoms with van der Waals surface area (Å²) in [5.74, 6) is 1.02. The van der Waals surface area contributed by atoms with E-state index in [0.29, 0.717) is 0 Å². The second-order valence-corrected chi connectivity index (χ2v) is 3.42. The van der Waals surface area contributed by atoms with Crippen LogP contribution in [0.15, 0.2) is 18.2 Å². The van der Waals surface area contributed by atoms with Gasteiger partial charge in [-0.1, -0.05) is 17.7 Å². The lowest BCUT2D eigenvalue weighted by atomic mass is 10.3. The predicted octanol–water partition coefficient (Wildman–Crippen LogP) is 3.02. The number of imidazole rings is 1. The lowest BCUT2D eigenvalue weighted by Crippen LogP contribution is -1.95. The number of nitrogens with zero attached hydrogens (tertiary/aromatic N) is 2. The Morgan fingerprint density at radius 3 is 2.92 bits per heavy atom. The average Bonchev–Trinajstić information content (AvgIpc) is 2.43. The topological polar surface area (TPSA) is 17.8 Å². The molecule has 0 radical (unpaired) electrons. The molecule has 0 aliphatic carbocycles. The fourth-order valence-electron chi connectivity index (χ4n) is 1.63. The molecule has 1 aromatic carbocycles. The van der Waals surface area contributed by atoms with Crippen LogP contribution in [0.25, 0.3) is 11.0 Å². The molecule has 1 aromatic heterocycles. The molecule has 68 valence electrons. The summed E-state index contributed by atoms with van der Waals surface area (Å²) in [6.45, 7) is 5.04. The van der Waals surface area contributed by atoms with Crippen LogP contribution in [0, 0.1) is 6.92 Å². The number of rotatable bonds is 1. The zero-order valence-corrected chi connectivity index (χ0v) is 8.47. The average molecular weight is 195 g/mol. The molecular formula is C10H11ClN2. The van der Waals surface area contributed by atoms with Gasteiger partial charge in [0.25, 0.3) is 0 Å². The van der Waals surface area contributed by atoms with E-state index in [1.54, 1.807) is 0 Å². The first-order chi connectivity index (χ1) is 6.24. The number of para-hydroxylation sites is 1. The van der Waals surface area contributed by atoms with Gasteiger partial charge in [0.2, 0.25) is 0 Å². The maximum atomic E-state index is 6.02. The Balaban J connectivity index is 2.86. The first-order valence-electron chi connectivity index (χ1n) is 4.35. The maximum absolute atomic E-state index is 6.02. The fraction of sp³-hybridized carbons (Fsp3) is 0.300. The van der Waals surface area contributed by atoms with Crippen LogP contribution < -0.4 is 0 Å². The van der Waals surface area contributed by atoms with Gasteiger partial charge in [-0.25, -0.2) is 4.98 Å². The summed E-state index contributed by atoms with van der Waals surface area (Å²) in [5, 5.41) is 0.729. The maximum Gasteiger partial charge on any atom is 0.107 e. The molecule has 0 saturated carbocycles. The van der Waals surface area contributed by atoms with Crippen molar-refractivity contribution < 1.29 is 0 Å². The smallest absolute Gasteiger partial charge is 0.107 e. The van der Waals surface area contributed by atoms with Crippen LogP contribution in [0.3, 0.4) is 0 Å². The van der Waals surface area contributed by atoms with Crippen molar-refractivity contribution in [1.29, 1.82) is 0 Å². The highest BCUT2D eigenvalue weighted by Crippen LogP contribution is 2.23. The summed E-state index contributed by atoms with van der Waals surface area (Å²) < 4.78 is 2.15. The van der Waals surface area contributed by atoms with Crippen LogP contribution >= 0.6 is 11.6 Å². The standard InChI is InChI=1S/C10H11ClN2/c1-3-13-7(2)12-10-8(11)5-4-6-9(10)13/h4-6H,3H2,1-2H3. The van der Waals surface area contributed by atoms with E-state index in [4.69, 9.17) is 11.6 Å². The summed E-state index contributed by atoms with van der Waals surface area (Å²) in [4.78, 5) is 4.41. The molecule has 0 amide bonds. The molecule has 3 heteroatoms. The first kappa shape index (κ1) is 8.57. The summed E-state index contributed by atoms with van der Waals surface area (Å²) in [5.41, 5.74) is 2.02. The molecule has 0 fully saturated rings. The van der Waals surface area contributed by atoms with Crippen molar-refractivity contribution in [1.82, 2.24) is 9.55 Å². The molecule has 0 aliphatic heterocycles. The number of benzene rings is 1. The number of fused-ring (bicyclic) bond motifs is 1. The van der Waals surface area contributed by atoms with Crippen molar-refractivity contribution in [3.05, 3.63) is 29.0 Å². The fourth-order valence-corrected chi connectivity index (χ4v) is 1.84. The molecule has 13 heavy (non-hydrogen) atoms. The molecule has 0 atom stereocenters. The van der Waals surface area contributed by atoms with Gasteiger partial charge in [0.15, 0.2) is 0 Å². The monoisotopic (exact) mass is 194 g/mol. The van der Waals surface area contributed by atoms with Crippen molar-refractivity contribution in [2.45, 2.75) is 20.4 Å². The highest BCUT2D eigenvalue weighted by atomic mass is 35.5. The van der Waals surface area contributed by atoms with Crippen molar-refractivity contribution in [2.24, 2.45) is 0 Å². The van der Waals surface area contributed by atoms with Gasteiger partial charge >= 0.3 is 0 Å². The molecule has 0 unspecified atom stereocenters. The highest BCUT2D eigenvalue weighted by molar-refractivity contribution is 6.34. The summed E-state index contributed by atoms with van der Waals surface area (Å²) >= 11 is 6.02. The van der Waals surface area contributed by atoms with E-state index in [1.165, 1.54) is 0 Å². The molecule has 0 bridgehead atoms. The molecule has 0 aliphatic rings. The van der Waals surface area contributed by atoms with Gasteiger partial charge in [-0.15, -0.1) is 0 Å². The van der Waals surface area contributed by atoms with E-state index in [0.717, 1.165) is 28.4 Å². The summed E-state index contributed by atoms with van der Waals surface area (Å²) in [6.07, 6.45) is 0. The van der Waals surface area contributed by atoms with Crippen molar-refractivity contribution in [3.63, 3.8) is 0 Å². The molecule has 2 nitrogen and oxygen atoms in total. The van der Waals surface area contributed by atoms with Crippen molar-refractivity contribution in [2.75, 3.05) is 0 Å². The zero-order valence-electron chi connectivity index (χ0n) is 7.71. The minimum Gasteiger partial charge on any atom is -0.328 e. The van der Waals surface area contributed by atoms with Crippen LogP contribution in [0.5, 0.6) is 0 Å². The SMILES string of the molecule is CCn1c(C)nc2c(Cl)cccc21. The highest BCUT2D eigenvalue weighted by Gasteiger charge is 2.07. The minimum absolute atomic E-state index is 0.729. The third-order valence-corrected chi connectivity index (χ3v) is 2.54. The third-order valence-electron chi connectivity index (χ3n) is 2.24. The second-order valence-electron chi connectivity index (χ2n) is 3.01. The van der Waals surface area contributed by atoms with Crippen LogP contribution in [-0.2, 0) is 6.54 Å². The Bertz CT molecular complexity index is 445. The molecule has 1 heterocycles. The van der Waals surface area contributed by atoms with Gasteiger partial charge in [0.1, 0.15) is 11.3 Å². The van der Waals surface area contributed by atoms with E-state index in [9.17, 15) is 0 Å². The largest absolute Gasteiger partial charge is 0.328 e. The van der Waals surface area contributed by atoms with Gasteiger partial charge in [0.05, 0.1) is 10.5 Å². The molecular weight excluding hydrogens is 184 g/mol. The Morgan fingerprint density at radius 2 is 2.23 bits per heavy atom. The lowest BCUT2D eigenvalue weighted by Gasteiger charge is -2.00. The Kier molecular flexibility index (Phi) is 2.00. The Hall–Kier alpha value is -1.02. The summed E-state index contributed by atoms with van der Waals surface area (Å²) in [6, 6.07) is 5.87. The van der Waals surface area contributed by atoms with Crippen LogP contribution in [0.2, 0.25) is 5.02 Å². The number of halogens is 1. The van der Waals surface area contributed by atoms with E-state index < -0.39 is 0 Å². The van der Waals surface area contributed by atoms with Gasteiger partial charge in [0, 0.05) is 6.54 Å². The van der Waals surface area contributed by atoms with Crippen LogP contribution in [0.4, 0.5) is 0 Å². The normalized spacial score (nSPS) is 11.0. The Morgan fingerprint density at radius 1 is 1.46 bits per heavy atom. The van der Waals surface area contributed by atoms with Crippen molar-refractivity contribution in [3.8, 4) is 0 Å². The minimum atomic E-state index is 0.729. The quantitative estimate of drug-likeness (QED) is 0.683. The third kappa shape index (κ3) is 1.22. The van der Waals surface area contributed by atoms with Gasteiger partial charge in [-0.2, -0.15) is 0 Å². The van der Waals surface area contributed by atoms with Gasteiger partial charge < -0.3 is 4.57 Å². The summed E-state index contributed by atoms with van der Waals surface area (Å²) in [7, 11) is 0. The lowest BCUT2D eigenvalue weighted by molar-refractivity contribution is 0.753. The Labute approximate surface area is 82.1 Å². The predicted molar refractivity (Wildman–Crippen MR) is 55.2 cm³/mol. The van der Waals surface area contributed by atoms with E-state index in [1.807, 2.05) is 25.1 Å². The zero-order chi connectivity index (χ0) is 9.42. The molecule has 2 aromatic rings. The molecule has 2 rings (SSSR count). The van der Waals surface area contributed by atoms with Crippen molar-refractivity contribution >= 4 is 22.6 Å². The number of hydrogen-bond donors (Lipinski definition) is 0. The number of hydrogen-bond acceptors (Lipinski definition) is 1. The number of aryl methyl sites for hydroxylation is 2.